The highest BCUT2D eigenvalue weighted by Gasteiger charge is 2.49. The van der Waals surface area contributed by atoms with Crippen molar-refractivity contribution in [1.82, 2.24) is 10.2 Å². The zero-order chi connectivity index (χ0) is 18.3. The Balaban J connectivity index is 1.49. The van der Waals surface area contributed by atoms with Gasteiger partial charge in [0.05, 0.1) is 19.3 Å². The van der Waals surface area contributed by atoms with Crippen LogP contribution in [0.4, 0.5) is 9.18 Å². The summed E-state index contributed by atoms with van der Waals surface area (Å²) in [7, 11) is 0. The molecular formula is C19H23FN2O4. The Labute approximate surface area is 151 Å². The first-order valence-electron chi connectivity index (χ1n) is 8.88. The van der Waals surface area contributed by atoms with Gasteiger partial charge in [-0.2, -0.15) is 0 Å². The smallest absolute Gasteiger partial charge is 0.322 e. The summed E-state index contributed by atoms with van der Waals surface area (Å²) in [6, 6.07) is 8.39. The molecule has 3 aliphatic rings. The van der Waals surface area contributed by atoms with Crippen molar-refractivity contribution in [3.63, 3.8) is 0 Å². The van der Waals surface area contributed by atoms with Crippen LogP contribution < -0.4 is 5.32 Å². The molecule has 3 aliphatic heterocycles. The number of hydrogen-bond acceptors (Lipinski definition) is 4. The van der Waals surface area contributed by atoms with Crippen LogP contribution in [0.15, 0.2) is 42.6 Å². The molecule has 1 N–H and O–H groups in total. The number of nitrogens with one attached hydrogen (secondary N) is 1. The van der Waals surface area contributed by atoms with Crippen LogP contribution in [-0.4, -0.2) is 55.1 Å². The fourth-order valence-electron chi connectivity index (χ4n) is 3.66. The minimum atomic E-state index is -1.35. The molecule has 1 aromatic carbocycles. The molecule has 2 amide bonds. The molecule has 7 heteroatoms. The number of hydrogen-bond donors (Lipinski definition) is 1. The molecule has 0 radical (unpaired) electrons. The minimum Gasteiger partial charge on any atom is -0.371 e. The normalized spacial score (nSPS) is 37.8. The molecule has 3 fully saturated rings. The number of ether oxygens (including phenoxy) is 3. The van der Waals surface area contributed by atoms with E-state index in [4.69, 9.17) is 14.2 Å². The third kappa shape index (κ3) is 3.11. The molecule has 6 nitrogen and oxygen atoms in total. The van der Waals surface area contributed by atoms with Gasteiger partial charge in [0.1, 0.15) is 12.2 Å². The van der Waals surface area contributed by atoms with E-state index in [1.165, 1.54) is 4.90 Å². The molecule has 6 atom stereocenters. The summed E-state index contributed by atoms with van der Waals surface area (Å²) in [5.74, 6) is 0.0466. The SMILES string of the molecule is C=C1NC(=O)N(C2COC3COC(c4ccccc4)OC3[C@H]2F)CC1C. The number of amides is 2. The third-order valence-electron chi connectivity index (χ3n) is 5.29. The summed E-state index contributed by atoms with van der Waals surface area (Å²) in [5, 5.41) is 2.71. The van der Waals surface area contributed by atoms with Crippen LogP contribution in [0, 0.1) is 5.92 Å². The van der Waals surface area contributed by atoms with Gasteiger partial charge in [-0.25, -0.2) is 9.18 Å². The lowest BCUT2D eigenvalue weighted by atomic mass is 9.95. The number of halogens is 1. The van der Waals surface area contributed by atoms with Crippen molar-refractivity contribution in [2.75, 3.05) is 19.8 Å². The summed E-state index contributed by atoms with van der Waals surface area (Å²) >= 11 is 0. The Morgan fingerprint density at radius 3 is 2.77 bits per heavy atom. The maximum Gasteiger partial charge on any atom is 0.322 e. The topological polar surface area (TPSA) is 60.0 Å². The molecule has 3 heterocycles. The molecule has 26 heavy (non-hydrogen) atoms. The lowest BCUT2D eigenvalue weighted by molar-refractivity contribution is -0.299. The van der Waals surface area contributed by atoms with Crippen molar-refractivity contribution in [1.29, 1.82) is 0 Å². The van der Waals surface area contributed by atoms with E-state index in [1.54, 1.807) is 0 Å². The summed E-state index contributed by atoms with van der Waals surface area (Å²) in [4.78, 5) is 13.8. The molecule has 140 valence electrons. The molecule has 3 saturated heterocycles. The van der Waals surface area contributed by atoms with E-state index in [9.17, 15) is 4.79 Å². The number of rotatable bonds is 2. The molecule has 0 aliphatic carbocycles. The average molecular weight is 362 g/mol. The number of urea groups is 1. The van der Waals surface area contributed by atoms with Crippen LogP contribution >= 0.6 is 0 Å². The number of fused-ring (bicyclic) bond motifs is 1. The Kier molecular flexibility index (Phi) is 4.69. The molecule has 0 aromatic heterocycles. The molecular weight excluding hydrogens is 339 g/mol. The van der Waals surface area contributed by atoms with Gasteiger partial charge < -0.3 is 24.4 Å². The maximum atomic E-state index is 15.4. The average Bonchev–Trinajstić information content (AvgIpc) is 2.66. The standard InChI is InChI=1S/C19H23FN2O4/c1-11-8-22(19(23)21-12(11)2)14-9-24-15-10-25-18(26-17(15)16(14)20)13-6-4-3-5-7-13/h3-7,11,14-18H,2,8-10H2,1H3,(H,21,23)/t11?,14?,15?,16-,17?,18?/m0/s1. The fourth-order valence-corrected chi connectivity index (χ4v) is 3.66. The van der Waals surface area contributed by atoms with E-state index in [-0.39, 0.29) is 25.2 Å². The minimum absolute atomic E-state index is 0.0466. The van der Waals surface area contributed by atoms with Gasteiger partial charge in [0, 0.05) is 23.7 Å². The second-order valence-electron chi connectivity index (χ2n) is 7.07. The van der Waals surface area contributed by atoms with Crippen LogP contribution in [0.5, 0.6) is 0 Å². The van der Waals surface area contributed by atoms with E-state index in [0.29, 0.717) is 12.2 Å². The first kappa shape index (κ1) is 17.5. The van der Waals surface area contributed by atoms with Crippen molar-refractivity contribution in [2.24, 2.45) is 5.92 Å². The predicted molar refractivity (Wildman–Crippen MR) is 92.0 cm³/mol. The Morgan fingerprint density at radius 2 is 2.00 bits per heavy atom. The molecule has 0 saturated carbocycles. The molecule has 4 rings (SSSR count). The first-order valence-corrected chi connectivity index (χ1v) is 8.88. The fraction of sp³-hybridized carbons (Fsp3) is 0.526. The molecule has 5 unspecified atom stereocenters. The number of carbonyl (C=O) groups is 1. The summed E-state index contributed by atoms with van der Waals surface area (Å²) < 4.78 is 32.7. The van der Waals surface area contributed by atoms with E-state index < -0.39 is 30.7 Å². The van der Waals surface area contributed by atoms with Gasteiger partial charge in [0.2, 0.25) is 0 Å². The van der Waals surface area contributed by atoms with E-state index in [2.05, 4.69) is 11.9 Å². The highest BCUT2D eigenvalue weighted by atomic mass is 19.1. The monoisotopic (exact) mass is 362 g/mol. The zero-order valence-electron chi connectivity index (χ0n) is 14.6. The lowest BCUT2D eigenvalue weighted by Crippen LogP contribution is -2.65. The quantitative estimate of drug-likeness (QED) is 0.878. The van der Waals surface area contributed by atoms with E-state index in [1.807, 2.05) is 37.3 Å². The van der Waals surface area contributed by atoms with Crippen molar-refractivity contribution in [2.45, 2.75) is 37.6 Å². The van der Waals surface area contributed by atoms with Crippen LogP contribution in [0.1, 0.15) is 18.8 Å². The number of carbonyl (C=O) groups excluding carboxylic acids is 1. The Morgan fingerprint density at radius 1 is 1.23 bits per heavy atom. The molecule has 0 bridgehead atoms. The third-order valence-corrected chi connectivity index (χ3v) is 5.29. The first-order chi connectivity index (χ1) is 12.5. The van der Waals surface area contributed by atoms with E-state index >= 15 is 4.39 Å². The van der Waals surface area contributed by atoms with Crippen molar-refractivity contribution in [3.8, 4) is 0 Å². The Hall–Kier alpha value is -1.96. The maximum absolute atomic E-state index is 15.4. The molecule has 1 aromatic rings. The summed E-state index contributed by atoms with van der Waals surface area (Å²) in [5.41, 5.74) is 1.49. The highest BCUT2D eigenvalue weighted by molar-refractivity contribution is 5.77. The predicted octanol–water partition coefficient (Wildman–Crippen LogP) is 2.38. The van der Waals surface area contributed by atoms with E-state index in [0.717, 1.165) is 5.56 Å². The van der Waals surface area contributed by atoms with Gasteiger partial charge in [-0.3, -0.25) is 0 Å². The van der Waals surface area contributed by atoms with Gasteiger partial charge in [0.25, 0.3) is 0 Å². The van der Waals surface area contributed by atoms with Crippen LogP contribution in [0.25, 0.3) is 0 Å². The zero-order valence-corrected chi connectivity index (χ0v) is 14.6. The van der Waals surface area contributed by atoms with Gasteiger partial charge in [-0.15, -0.1) is 0 Å². The lowest BCUT2D eigenvalue weighted by Gasteiger charge is -2.48. The number of benzene rings is 1. The van der Waals surface area contributed by atoms with Crippen molar-refractivity contribution < 1.29 is 23.4 Å². The van der Waals surface area contributed by atoms with Gasteiger partial charge in [0.15, 0.2) is 12.5 Å². The second kappa shape index (κ2) is 6.98. The van der Waals surface area contributed by atoms with Crippen LogP contribution in [-0.2, 0) is 14.2 Å². The van der Waals surface area contributed by atoms with Crippen molar-refractivity contribution >= 4 is 6.03 Å². The van der Waals surface area contributed by atoms with Crippen LogP contribution in [0.3, 0.4) is 0 Å². The van der Waals surface area contributed by atoms with Crippen LogP contribution in [0.2, 0.25) is 0 Å². The van der Waals surface area contributed by atoms with Gasteiger partial charge in [-0.05, 0) is 0 Å². The second-order valence-corrected chi connectivity index (χ2v) is 7.07. The van der Waals surface area contributed by atoms with Gasteiger partial charge >= 0.3 is 6.03 Å². The highest BCUT2D eigenvalue weighted by Crippen LogP contribution is 2.35. The largest absolute Gasteiger partial charge is 0.371 e. The summed E-state index contributed by atoms with van der Waals surface area (Å²) in [6.45, 7) is 6.57. The number of alkyl halides is 1. The van der Waals surface area contributed by atoms with Gasteiger partial charge in [-0.1, -0.05) is 43.8 Å². The van der Waals surface area contributed by atoms with Crippen molar-refractivity contribution in [3.05, 3.63) is 48.2 Å². The summed E-state index contributed by atoms with van der Waals surface area (Å²) in [6.07, 6.45) is -3.23. The Bertz CT molecular complexity index is 685. The number of nitrogens with zero attached hydrogens (tertiary/aromatic N) is 1. The molecule has 0 spiro atoms.